The van der Waals surface area contributed by atoms with E-state index in [2.05, 4.69) is 138 Å². The van der Waals surface area contributed by atoms with Crippen molar-refractivity contribution in [2.75, 3.05) is 0 Å². The second-order valence-electron chi connectivity index (χ2n) is 16.4. The molecule has 0 radical (unpaired) electrons. The van der Waals surface area contributed by atoms with Gasteiger partial charge in [-0.3, -0.25) is 4.98 Å². The predicted octanol–water partition coefficient (Wildman–Crippen LogP) is 13.6. The summed E-state index contributed by atoms with van der Waals surface area (Å²) in [5, 5.41) is 3.17. The van der Waals surface area contributed by atoms with Crippen LogP contribution in [0.1, 0.15) is 22.3 Å². The molecule has 0 bridgehead atoms. The van der Waals surface area contributed by atoms with Crippen molar-refractivity contribution in [1.29, 1.82) is 0 Å². The van der Waals surface area contributed by atoms with E-state index in [0.717, 1.165) is 60.8 Å². The number of hydrogen-bond donors (Lipinski definition) is 0. The highest BCUT2D eigenvalue weighted by Gasteiger charge is 2.51. The number of para-hydroxylation sites is 1. The SMILES string of the molecule is c1ccc(-c2nc(-c3ccccc3)nc(-c3cc(-c4ccc5c(c4)C4(c6ccccc6-c6ccccc64)c4ccccc4-5)cc(-c4nc5ccccc5c5ccncc45)c3)n2)cc1. The summed E-state index contributed by atoms with van der Waals surface area (Å²) in [6.45, 7) is 0. The monoisotopic (exact) mass is 801 g/mol. The maximum Gasteiger partial charge on any atom is 0.164 e. The van der Waals surface area contributed by atoms with Crippen LogP contribution >= 0.6 is 0 Å². The van der Waals surface area contributed by atoms with Crippen LogP contribution in [0.15, 0.2) is 213 Å². The highest BCUT2D eigenvalue weighted by Crippen LogP contribution is 2.63. The van der Waals surface area contributed by atoms with Crippen LogP contribution in [0.3, 0.4) is 0 Å². The quantitative estimate of drug-likeness (QED) is 0.162. The van der Waals surface area contributed by atoms with Gasteiger partial charge in [-0.25, -0.2) is 19.9 Å². The van der Waals surface area contributed by atoms with Crippen molar-refractivity contribution in [2.45, 2.75) is 5.41 Å². The van der Waals surface area contributed by atoms with Crippen molar-refractivity contribution in [3.63, 3.8) is 0 Å². The molecule has 0 saturated carbocycles. The summed E-state index contributed by atoms with van der Waals surface area (Å²) in [5.74, 6) is 1.80. The predicted molar refractivity (Wildman–Crippen MR) is 254 cm³/mol. The molecule has 5 nitrogen and oxygen atoms in total. The first-order valence-electron chi connectivity index (χ1n) is 21.3. The van der Waals surface area contributed by atoms with Gasteiger partial charge in [-0.15, -0.1) is 0 Å². The Bertz CT molecular complexity index is 3520. The zero-order chi connectivity index (χ0) is 41.5. The Morgan fingerprint density at radius 1 is 0.302 bits per heavy atom. The molecule has 292 valence electrons. The average Bonchev–Trinajstić information content (AvgIpc) is 3.83. The van der Waals surface area contributed by atoms with Gasteiger partial charge in [0.1, 0.15) is 0 Å². The van der Waals surface area contributed by atoms with Gasteiger partial charge in [-0.2, -0.15) is 0 Å². The fraction of sp³-hybridized carbons (Fsp3) is 0.0172. The highest BCUT2D eigenvalue weighted by atomic mass is 15.0. The van der Waals surface area contributed by atoms with E-state index in [9.17, 15) is 0 Å². The normalized spacial score (nSPS) is 12.9. The summed E-state index contributed by atoms with van der Waals surface area (Å²) < 4.78 is 0. The first-order valence-corrected chi connectivity index (χ1v) is 21.3. The highest BCUT2D eigenvalue weighted by molar-refractivity contribution is 6.11. The molecule has 2 aliphatic carbocycles. The minimum atomic E-state index is -0.472. The Balaban J connectivity index is 1.09. The molecule has 0 amide bonds. The van der Waals surface area contributed by atoms with Crippen molar-refractivity contribution in [1.82, 2.24) is 24.9 Å². The van der Waals surface area contributed by atoms with Gasteiger partial charge in [-0.05, 0) is 97.4 Å². The molecule has 11 aromatic rings. The molecule has 0 unspecified atom stereocenters. The van der Waals surface area contributed by atoms with Crippen molar-refractivity contribution in [3.8, 4) is 78.8 Å². The van der Waals surface area contributed by atoms with E-state index in [0.29, 0.717) is 17.5 Å². The molecule has 3 heterocycles. The molecule has 0 saturated heterocycles. The van der Waals surface area contributed by atoms with E-state index in [-0.39, 0.29) is 0 Å². The number of hydrogen-bond acceptors (Lipinski definition) is 5. The Kier molecular flexibility index (Phi) is 7.75. The molecule has 5 heteroatoms. The molecule has 3 aromatic heterocycles. The van der Waals surface area contributed by atoms with Crippen LogP contribution in [0.25, 0.3) is 100 Å². The summed E-state index contributed by atoms with van der Waals surface area (Å²) in [7, 11) is 0. The van der Waals surface area contributed by atoms with E-state index < -0.39 is 5.41 Å². The number of pyridine rings is 2. The topological polar surface area (TPSA) is 64.5 Å². The first-order chi connectivity index (χ1) is 31.2. The summed E-state index contributed by atoms with van der Waals surface area (Å²) in [6.07, 6.45) is 3.80. The van der Waals surface area contributed by atoms with E-state index in [1.165, 1.54) is 44.5 Å². The second kappa shape index (κ2) is 13.8. The molecule has 0 fully saturated rings. The molecule has 63 heavy (non-hydrogen) atoms. The third-order valence-corrected chi connectivity index (χ3v) is 13.0. The van der Waals surface area contributed by atoms with Gasteiger partial charge in [0.05, 0.1) is 16.6 Å². The molecule has 0 atom stereocenters. The Labute approximate surface area is 364 Å². The van der Waals surface area contributed by atoms with Gasteiger partial charge >= 0.3 is 0 Å². The Morgan fingerprint density at radius 3 is 1.44 bits per heavy atom. The molecule has 8 aromatic carbocycles. The lowest BCUT2D eigenvalue weighted by atomic mass is 9.70. The minimum Gasteiger partial charge on any atom is -0.264 e. The molecule has 0 N–H and O–H groups in total. The number of rotatable bonds is 5. The van der Waals surface area contributed by atoms with E-state index >= 15 is 0 Å². The van der Waals surface area contributed by atoms with Gasteiger partial charge in [0.15, 0.2) is 17.5 Å². The van der Waals surface area contributed by atoms with Gasteiger partial charge in [0, 0.05) is 45.4 Å². The summed E-state index contributed by atoms with van der Waals surface area (Å²) in [4.78, 5) is 25.5. The van der Waals surface area contributed by atoms with Crippen molar-refractivity contribution < 1.29 is 0 Å². The molecular formula is C58H35N5. The summed E-state index contributed by atoms with van der Waals surface area (Å²) in [6, 6.07) is 71.3. The molecule has 1 spiro atoms. The number of fused-ring (bicyclic) bond motifs is 13. The Morgan fingerprint density at radius 2 is 0.810 bits per heavy atom. The molecular weight excluding hydrogens is 767 g/mol. The van der Waals surface area contributed by atoms with Crippen LogP contribution in [-0.2, 0) is 5.41 Å². The van der Waals surface area contributed by atoms with Crippen LogP contribution in [0.4, 0.5) is 0 Å². The fourth-order valence-electron chi connectivity index (χ4n) is 10.3. The third-order valence-electron chi connectivity index (χ3n) is 13.0. The molecule has 2 aliphatic rings. The zero-order valence-corrected chi connectivity index (χ0v) is 33.9. The lowest BCUT2D eigenvalue weighted by Gasteiger charge is -2.30. The average molecular weight is 802 g/mol. The zero-order valence-electron chi connectivity index (χ0n) is 33.9. The van der Waals surface area contributed by atoms with Crippen LogP contribution in [-0.4, -0.2) is 24.9 Å². The van der Waals surface area contributed by atoms with Crippen molar-refractivity contribution in [2.24, 2.45) is 0 Å². The van der Waals surface area contributed by atoms with Crippen LogP contribution in [0.5, 0.6) is 0 Å². The van der Waals surface area contributed by atoms with E-state index in [4.69, 9.17) is 19.9 Å². The van der Waals surface area contributed by atoms with Gasteiger partial charge in [0.2, 0.25) is 0 Å². The number of benzene rings is 8. The van der Waals surface area contributed by atoms with E-state index in [1.807, 2.05) is 79.1 Å². The molecule has 13 rings (SSSR count). The minimum absolute atomic E-state index is 0.472. The maximum absolute atomic E-state index is 5.37. The standard InChI is InChI=1S/C58H35N5/c1-3-15-36(16-4-1)55-61-56(37-17-5-2-6-18-37)63-57(62-55)41-32-39(31-40(33-41)54-48-35-59-30-29-42(48)47-22-10-14-26-53(47)60-54)38-27-28-46-45-21-9-13-25-51(45)58(52(46)34-38)49-23-11-7-19-43(49)44-20-8-12-24-50(44)58/h1-35H. The van der Waals surface area contributed by atoms with Crippen LogP contribution in [0, 0.1) is 0 Å². The van der Waals surface area contributed by atoms with Crippen LogP contribution in [0.2, 0.25) is 0 Å². The number of nitrogens with zero attached hydrogens (tertiary/aromatic N) is 5. The van der Waals surface area contributed by atoms with Crippen LogP contribution < -0.4 is 0 Å². The maximum atomic E-state index is 5.37. The number of aromatic nitrogens is 5. The van der Waals surface area contributed by atoms with Crippen molar-refractivity contribution >= 4 is 21.7 Å². The van der Waals surface area contributed by atoms with Gasteiger partial charge < -0.3 is 0 Å². The summed E-state index contributed by atoms with van der Waals surface area (Å²) >= 11 is 0. The Hall–Kier alpha value is -8.41. The third kappa shape index (κ3) is 5.33. The lowest BCUT2D eigenvalue weighted by molar-refractivity contribution is 0.794. The fourth-order valence-corrected chi connectivity index (χ4v) is 10.3. The lowest BCUT2D eigenvalue weighted by Crippen LogP contribution is -2.25. The van der Waals surface area contributed by atoms with E-state index in [1.54, 1.807) is 0 Å². The molecule has 0 aliphatic heterocycles. The largest absolute Gasteiger partial charge is 0.264 e. The summed E-state index contributed by atoms with van der Waals surface area (Å²) in [5.41, 5.74) is 17.4. The smallest absolute Gasteiger partial charge is 0.164 e. The second-order valence-corrected chi connectivity index (χ2v) is 16.4. The van der Waals surface area contributed by atoms with Crippen molar-refractivity contribution in [3.05, 3.63) is 235 Å². The van der Waals surface area contributed by atoms with Gasteiger partial charge in [-0.1, -0.05) is 164 Å². The van der Waals surface area contributed by atoms with Gasteiger partial charge in [0.25, 0.3) is 0 Å². The first kappa shape index (κ1) is 35.4.